The van der Waals surface area contributed by atoms with Crippen molar-refractivity contribution >= 4 is 17.5 Å². The fraction of sp³-hybridized carbons (Fsp3) is 0.571. The van der Waals surface area contributed by atoms with Crippen molar-refractivity contribution in [2.75, 3.05) is 0 Å². The van der Waals surface area contributed by atoms with E-state index in [9.17, 15) is 19.5 Å². The summed E-state index contributed by atoms with van der Waals surface area (Å²) in [4.78, 5) is 30.8. The number of rotatable bonds is 5. The van der Waals surface area contributed by atoms with Gasteiger partial charge in [0.05, 0.1) is 6.42 Å². The lowest BCUT2D eigenvalue weighted by molar-refractivity contribution is -0.300. The van der Waals surface area contributed by atoms with E-state index in [1.54, 1.807) is 6.92 Å². The number of carboxylic acid groups (broad SMARTS) is 1. The summed E-state index contributed by atoms with van der Waals surface area (Å²) >= 11 is 0. The van der Waals surface area contributed by atoms with Crippen molar-refractivity contribution in [3.63, 3.8) is 0 Å². The molecule has 4 nitrogen and oxygen atoms in total. The van der Waals surface area contributed by atoms with Crippen LogP contribution in [0.1, 0.15) is 26.2 Å². The summed E-state index contributed by atoms with van der Waals surface area (Å²) in [6, 6.07) is 0. The molecule has 62 valence electrons. The van der Waals surface area contributed by atoms with E-state index in [-0.39, 0.29) is 12.2 Å². The summed E-state index contributed by atoms with van der Waals surface area (Å²) < 4.78 is 0. The minimum atomic E-state index is -1.78. The molecule has 0 atom stereocenters. The molecule has 0 bridgehead atoms. The van der Waals surface area contributed by atoms with Crippen LogP contribution < -0.4 is 5.11 Å². The molecule has 0 saturated heterocycles. The largest absolute Gasteiger partial charge is 0.542 e. The zero-order valence-electron chi connectivity index (χ0n) is 6.25. The maximum atomic E-state index is 10.6. The van der Waals surface area contributed by atoms with E-state index < -0.39 is 18.2 Å². The molecule has 11 heavy (non-hydrogen) atoms. The summed E-state index contributed by atoms with van der Waals surface area (Å²) in [5.41, 5.74) is 0. The second-order valence-corrected chi connectivity index (χ2v) is 2.18. The van der Waals surface area contributed by atoms with Crippen molar-refractivity contribution in [2.45, 2.75) is 26.2 Å². The van der Waals surface area contributed by atoms with Crippen molar-refractivity contribution in [1.29, 1.82) is 0 Å². The number of ketones is 2. The van der Waals surface area contributed by atoms with Gasteiger partial charge in [-0.2, -0.15) is 0 Å². The lowest BCUT2D eigenvalue weighted by Gasteiger charge is -1.98. The van der Waals surface area contributed by atoms with Crippen molar-refractivity contribution in [2.24, 2.45) is 0 Å². The molecular formula is C7H9O4-. The third-order valence-electron chi connectivity index (χ3n) is 1.11. The summed E-state index contributed by atoms with van der Waals surface area (Å²) in [7, 11) is 0. The lowest BCUT2D eigenvalue weighted by atomic mass is 10.1. The molecule has 0 aromatic rings. The van der Waals surface area contributed by atoms with Gasteiger partial charge in [0.15, 0.2) is 5.78 Å². The molecule has 0 saturated carbocycles. The van der Waals surface area contributed by atoms with Gasteiger partial charge in [-0.05, 0) is 6.42 Å². The van der Waals surface area contributed by atoms with Crippen molar-refractivity contribution in [3.05, 3.63) is 0 Å². The first kappa shape index (κ1) is 9.81. The molecule has 0 rings (SSSR count). The first-order valence-corrected chi connectivity index (χ1v) is 3.33. The molecule has 4 heteroatoms. The van der Waals surface area contributed by atoms with Crippen LogP contribution in [0.5, 0.6) is 0 Å². The van der Waals surface area contributed by atoms with Crippen molar-refractivity contribution < 1.29 is 19.5 Å². The van der Waals surface area contributed by atoms with Crippen LogP contribution in [-0.2, 0) is 14.4 Å². The van der Waals surface area contributed by atoms with E-state index in [0.717, 1.165) is 0 Å². The average molecular weight is 157 g/mol. The highest BCUT2D eigenvalue weighted by Gasteiger charge is 2.08. The minimum absolute atomic E-state index is 0.249. The number of carbonyl (C=O) groups is 3. The van der Waals surface area contributed by atoms with Gasteiger partial charge in [0.2, 0.25) is 0 Å². The van der Waals surface area contributed by atoms with Crippen LogP contribution >= 0.6 is 0 Å². The van der Waals surface area contributed by atoms with Gasteiger partial charge in [0, 0.05) is 6.42 Å². The maximum Gasteiger partial charge on any atom is 0.185 e. The van der Waals surface area contributed by atoms with Gasteiger partial charge in [-0.1, -0.05) is 6.92 Å². The number of hydrogen-bond donors (Lipinski definition) is 0. The summed E-state index contributed by atoms with van der Waals surface area (Å²) in [5.74, 6) is -3.26. The van der Waals surface area contributed by atoms with E-state index >= 15 is 0 Å². The standard InChI is InChI=1S/C7H10O4/c1-2-3-5(8)4-6(9)7(10)11/h2-4H2,1H3,(H,10,11)/p-1. The zero-order chi connectivity index (χ0) is 8.85. The van der Waals surface area contributed by atoms with Crippen LogP contribution in [0.4, 0.5) is 0 Å². The molecule has 0 unspecified atom stereocenters. The summed E-state index contributed by atoms with van der Waals surface area (Å²) in [6.45, 7) is 1.78. The van der Waals surface area contributed by atoms with E-state index in [1.807, 2.05) is 0 Å². The first-order chi connectivity index (χ1) is 5.07. The monoisotopic (exact) mass is 157 g/mol. The summed E-state index contributed by atoms with van der Waals surface area (Å²) in [6.07, 6.45) is 0.342. The van der Waals surface area contributed by atoms with Crippen LogP contribution in [0.25, 0.3) is 0 Å². The molecule has 0 aliphatic carbocycles. The molecule has 0 spiro atoms. The Kier molecular flexibility index (Phi) is 4.10. The molecule has 0 aromatic heterocycles. The smallest absolute Gasteiger partial charge is 0.185 e. The van der Waals surface area contributed by atoms with Gasteiger partial charge >= 0.3 is 0 Å². The van der Waals surface area contributed by atoms with Crippen LogP contribution in [0.15, 0.2) is 0 Å². The number of carboxylic acids is 1. The Hall–Kier alpha value is -1.19. The molecular weight excluding hydrogens is 148 g/mol. The molecule has 0 fully saturated rings. The van der Waals surface area contributed by atoms with Crippen LogP contribution in [-0.4, -0.2) is 17.5 Å². The Morgan fingerprint density at radius 3 is 2.18 bits per heavy atom. The third kappa shape index (κ3) is 4.25. The highest BCUT2D eigenvalue weighted by atomic mass is 16.4. The van der Waals surface area contributed by atoms with Crippen LogP contribution in [0.3, 0.4) is 0 Å². The predicted molar refractivity (Wildman–Crippen MR) is 34.5 cm³/mol. The Morgan fingerprint density at radius 1 is 1.27 bits per heavy atom. The van der Waals surface area contributed by atoms with E-state index in [2.05, 4.69) is 0 Å². The lowest BCUT2D eigenvalue weighted by Crippen LogP contribution is -2.32. The zero-order valence-corrected chi connectivity index (χ0v) is 6.25. The average Bonchev–Trinajstić information content (AvgIpc) is 1.87. The Labute approximate surface area is 64.2 Å². The number of hydrogen-bond acceptors (Lipinski definition) is 4. The second-order valence-electron chi connectivity index (χ2n) is 2.18. The second kappa shape index (κ2) is 4.60. The predicted octanol–water partition coefficient (Wildman–Crippen LogP) is -0.935. The van der Waals surface area contributed by atoms with E-state index in [4.69, 9.17) is 0 Å². The third-order valence-corrected chi connectivity index (χ3v) is 1.11. The highest BCUT2D eigenvalue weighted by Crippen LogP contribution is 1.94. The molecule has 0 amide bonds. The number of carbonyl (C=O) groups excluding carboxylic acids is 3. The van der Waals surface area contributed by atoms with Gasteiger partial charge < -0.3 is 9.90 Å². The highest BCUT2D eigenvalue weighted by molar-refractivity contribution is 6.35. The molecule has 0 aliphatic heterocycles. The van der Waals surface area contributed by atoms with Crippen molar-refractivity contribution in [3.8, 4) is 0 Å². The normalized spacial score (nSPS) is 9.18. The fourth-order valence-corrected chi connectivity index (χ4v) is 0.618. The maximum absolute atomic E-state index is 10.6. The van der Waals surface area contributed by atoms with Gasteiger partial charge in [0.25, 0.3) is 0 Å². The number of Topliss-reactive ketones (excluding diaryl/α,β-unsaturated/α-hetero) is 2. The van der Waals surface area contributed by atoms with Crippen LogP contribution in [0, 0.1) is 0 Å². The molecule has 0 heterocycles. The Balaban J connectivity index is 3.76. The van der Waals surface area contributed by atoms with Gasteiger partial charge in [-0.3, -0.25) is 9.59 Å². The summed E-state index contributed by atoms with van der Waals surface area (Å²) in [5, 5.41) is 9.83. The molecule has 0 aromatic carbocycles. The molecule has 0 N–H and O–H groups in total. The quantitative estimate of drug-likeness (QED) is 0.381. The van der Waals surface area contributed by atoms with E-state index in [1.165, 1.54) is 0 Å². The van der Waals surface area contributed by atoms with Crippen LogP contribution in [0.2, 0.25) is 0 Å². The minimum Gasteiger partial charge on any atom is -0.542 e. The molecule has 0 aliphatic rings. The van der Waals surface area contributed by atoms with E-state index in [0.29, 0.717) is 6.42 Å². The van der Waals surface area contributed by atoms with Gasteiger partial charge in [-0.25, -0.2) is 0 Å². The molecule has 0 radical (unpaired) electrons. The topological polar surface area (TPSA) is 74.3 Å². The SMILES string of the molecule is CCCC(=O)CC(=O)C(=O)[O-]. The first-order valence-electron chi connectivity index (χ1n) is 3.33. The fourth-order valence-electron chi connectivity index (χ4n) is 0.618. The van der Waals surface area contributed by atoms with Crippen molar-refractivity contribution in [1.82, 2.24) is 0 Å². The van der Waals surface area contributed by atoms with Gasteiger partial charge in [-0.15, -0.1) is 0 Å². The van der Waals surface area contributed by atoms with Gasteiger partial charge in [0.1, 0.15) is 11.8 Å². The Bertz CT molecular complexity index is 183. The number of aliphatic carboxylic acids is 1. The Morgan fingerprint density at radius 2 is 1.82 bits per heavy atom.